The summed E-state index contributed by atoms with van der Waals surface area (Å²) in [5, 5.41) is 41.6. The fourth-order valence-electron chi connectivity index (χ4n) is 3.14. The normalized spacial score (nSPS) is 12.6. The van der Waals surface area contributed by atoms with Gasteiger partial charge in [0.2, 0.25) is 0 Å². The van der Waals surface area contributed by atoms with Crippen molar-refractivity contribution >= 4 is 49.7 Å². The molecular weight excluding hydrogens is 410 g/mol. The summed E-state index contributed by atoms with van der Waals surface area (Å²) in [6, 6.07) is 15.1. The SMILES string of the molecule is O=[N+]([O-])c1ccc2c(/N=N/c3ccc4ccccc4c3O)c(O)cc(S(=O)O)c2c1. The van der Waals surface area contributed by atoms with E-state index in [1.54, 1.807) is 24.3 Å². The fourth-order valence-corrected chi connectivity index (χ4v) is 3.71. The molecule has 0 aromatic heterocycles. The van der Waals surface area contributed by atoms with Gasteiger partial charge in [-0.3, -0.25) is 10.1 Å². The van der Waals surface area contributed by atoms with Crippen LogP contribution in [-0.2, 0) is 11.1 Å². The molecule has 0 bridgehead atoms. The zero-order valence-electron chi connectivity index (χ0n) is 15.1. The van der Waals surface area contributed by atoms with E-state index in [-0.39, 0.29) is 38.5 Å². The average molecular weight is 423 g/mol. The number of non-ortho nitro benzene ring substituents is 1. The van der Waals surface area contributed by atoms with E-state index in [1.807, 2.05) is 12.1 Å². The Morgan fingerprint density at radius 2 is 1.67 bits per heavy atom. The van der Waals surface area contributed by atoms with Crippen LogP contribution in [0.2, 0.25) is 0 Å². The summed E-state index contributed by atoms with van der Waals surface area (Å²) in [4.78, 5) is 10.3. The Hall–Kier alpha value is -3.89. The molecule has 0 saturated carbocycles. The predicted octanol–water partition coefficient (Wildman–Crippen LogP) is 5.31. The smallest absolute Gasteiger partial charge is 0.270 e. The van der Waals surface area contributed by atoms with Gasteiger partial charge in [0.15, 0.2) is 16.8 Å². The number of azo groups is 1. The third kappa shape index (κ3) is 3.34. The molecule has 0 radical (unpaired) electrons. The van der Waals surface area contributed by atoms with E-state index in [0.29, 0.717) is 5.39 Å². The minimum Gasteiger partial charge on any atom is -0.506 e. The Balaban J connectivity index is 1.90. The molecule has 3 N–H and O–H groups in total. The molecule has 1 unspecified atom stereocenters. The highest BCUT2D eigenvalue weighted by Gasteiger charge is 2.18. The molecule has 0 fully saturated rings. The molecule has 0 amide bonds. The number of rotatable bonds is 4. The Morgan fingerprint density at radius 3 is 2.40 bits per heavy atom. The van der Waals surface area contributed by atoms with Crippen LogP contribution in [0, 0.1) is 10.1 Å². The van der Waals surface area contributed by atoms with Crippen molar-refractivity contribution in [2.75, 3.05) is 0 Å². The topological polar surface area (TPSA) is 146 Å². The molecule has 150 valence electrons. The standard InChI is InChI=1S/C20H13N3O6S/c24-17-10-18(30(28)29)15-9-12(23(26)27)6-7-14(15)19(17)22-21-16-8-5-11-3-1-2-4-13(11)20(16)25/h1-10,24-25H,(H,28,29)/b22-21+. The molecule has 0 aliphatic carbocycles. The van der Waals surface area contributed by atoms with Crippen LogP contribution in [0.4, 0.5) is 17.1 Å². The zero-order chi connectivity index (χ0) is 21.4. The van der Waals surface area contributed by atoms with Crippen LogP contribution >= 0.6 is 0 Å². The highest BCUT2D eigenvalue weighted by Crippen LogP contribution is 2.42. The van der Waals surface area contributed by atoms with Crippen LogP contribution in [0.3, 0.4) is 0 Å². The van der Waals surface area contributed by atoms with Crippen molar-refractivity contribution < 1.29 is 23.9 Å². The largest absolute Gasteiger partial charge is 0.506 e. The molecule has 10 heteroatoms. The van der Waals surface area contributed by atoms with Gasteiger partial charge in [-0.05, 0) is 17.5 Å². The summed E-state index contributed by atoms with van der Waals surface area (Å²) in [6.07, 6.45) is 0. The van der Waals surface area contributed by atoms with E-state index in [1.165, 1.54) is 12.1 Å². The minimum atomic E-state index is -2.50. The van der Waals surface area contributed by atoms with Crippen LogP contribution in [0.25, 0.3) is 21.5 Å². The van der Waals surface area contributed by atoms with Gasteiger partial charge in [0, 0.05) is 34.4 Å². The second kappa shape index (κ2) is 7.50. The van der Waals surface area contributed by atoms with Gasteiger partial charge in [-0.15, -0.1) is 10.2 Å². The Kier molecular flexibility index (Phi) is 4.86. The molecule has 0 spiro atoms. The van der Waals surface area contributed by atoms with Crippen molar-refractivity contribution in [3.8, 4) is 11.5 Å². The van der Waals surface area contributed by atoms with Crippen molar-refractivity contribution in [2.45, 2.75) is 4.90 Å². The summed E-state index contributed by atoms with van der Waals surface area (Å²) in [5.41, 5.74) is -0.186. The summed E-state index contributed by atoms with van der Waals surface area (Å²) < 4.78 is 21.2. The molecule has 1 atom stereocenters. The van der Waals surface area contributed by atoms with Crippen molar-refractivity contribution in [1.82, 2.24) is 0 Å². The van der Waals surface area contributed by atoms with E-state index in [9.17, 15) is 29.1 Å². The summed E-state index contributed by atoms with van der Waals surface area (Å²) in [6.45, 7) is 0. The number of nitrogens with zero attached hydrogens (tertiary/aromatic N) is 3. The van der Waals surface area contributed by atoms with Crippen LogP contribution in [0.5, 0.6) is 11.5 Å². The third-order valence-corrected chi connectivity index (χ3v) is 5.28. The average Bonchev–Trinajstić information content (AvgIpc) is 2.73. The number of hydrogen-bond acceptors (Lipinski definition) is 7. The molecule has 30 heavy (non-hydrogen) atoms. The molecule has 4 rings (SSSR count). The second-order valence-corrected chi connectivity index (χ2v) is 7.27. The van der Waals surface area contributed by atoms with Gasteiger partial charge in [0.05, 0.1) is 9.82 Å². The fraction of sp³-hybridized carbons (Fsp3) is 0. The molecule has 4 aromatic rings. The number of nitro benzene ring substituents is 1. The van der Waals surface area contributed by atoms with Gasteiger partial charge in [-0.25, -0.2) is 4.21 Å². The molecule has 0 aliphatic rings. The highest BCUT2D eigenvalue weighted by molar-refractivity contribution is 7.79. The molecule has 4 aromatic carbocycles. The van der Waals surface area contributed by atoms with Crippen molar-refractivity contribution in [2.24, 2.45) is 10.2 Å². The van der Waals surface area contributed by atoms with Crippen LogP contribution in [-0.4, -0.2) is 23.9 Å². The molecule has 9 nitrogen and oxygen atoms in total. The first-order valence-corrected chi connectivity index (χ1v) is 9.65. The summed E-state index contributed by atoms with van der Waals surface area (Å²) in [7, 11) is 0. The number of hydrogen-bond donors (Lipinski definition) is 3. The van der Waals surface area contributed by atoms with E-state index >= 15 is 0 Å². The number of phenols is 2. The zero-order valence-corrected chi connectivity index (χ0v) is 15.9. The lowest BCUT2D eigenvalue weighted by atomic mass is 10.1. The molecule has 0 heterocycles. The monoisotopic (exact) mass is 423 g/mol. The Labute approximate surface area is 171 Å². The second-order valence-electron chi connectivity index (χ2n) is 6.33. The van der Waals surface area contributed by atoms with Gasteiger partial charge < -0.3 is 14.8 Å². The van der Waals surface area contributed by atoms with Gasteiger partial charge >= 0.3 is 0 Å². The Morgan fingerprint density at radius 1 is 0.900 bits per heavy atom. The van der Waals surface area contributed by atoms with Gasteiger partial charge in [0.25, 0.3) is 5.69 Å². The number of nitro groups is 1. The van der Waals surface area contributed by atoms with Crippen molar-refractivity contribution in [1.29, 1.82) is 0 Å². The maximum atomic E-state index is 11.7. The minimum absolute atomic E-state index is 0.0540. The third-order valence-electron chi connectivity index (χ3n) is 4.57. The van der Waals surface area contributed by atoms with E-state index in [2.05, 4.69) is 10.2 Å². The summed E-state index contributed by atoms with van der Waals surface area (Å²) in [5.74, 6) is -0.526. The van der Waals surface area contributed by atoms with Crippen molar-refractivity contribution in [3.63, 3.8) is 0 Å². The number of aromatic hydroxyl groups is 2. The number of phenolic OH excluding ortho intramolecular Hbond substituents is 2. The quantitative estimate of drug-likeness (QED) is 0.175. The lowest BCUT2D eigenvalue weighted by molar-refractivity contribution is -0.384. The summed E-state index contributed by atoms with van der Waals surface area (Å²) >= 11 is -2.50. The van der Waals surface area contributed by atoms with Crippen LogP contribution in [0.15, 0.2) is 75.8 Å². The maximum Gasteiger partial charge on any atom is 0.270 e. The van der Waals surface area contributed by atoms with E-state index in [0.717, 1.165) is 17.5 Å². The first kappa shape index (κ1) is 19.4. The number of fused-ring (bicyclic) bond motifs is 2. The van der Waals surface area contributed by atoms with Crippen molar-refractivity contribution in [3.05, 3.63) is 70.8 Å². The maximum absolute atomic E-state index is 11.7. The van der Waals surface area contributed by atoms with Gasteiger partial charge in [-0.2, -0.15) is 0 Å². The molecule has 0 aliphatic heterocycles. The first-order chi connectivity index (χ1) is 14.4. The lowest BCUT2D eigenvalue weighted by Gasteiger charge is -2.08. The Bertz CT molecular complexity index is 1390. The molecular formula is C20H13N3O6S. The molecule has 0 saturated heterocycles. The highest BCUT2D eigenvalue weighted by atomic mass is 32.2. The predicted molar refractivity (Wildman–Crippen MR) is 111 cm³/mol. The van der Waals surface area contributed by atoms with Crippen LogP contribution in [0.1, 0.15) is 0 Å². The van der Waals surface area contributed by atoms with E-state index in [4.69, 9.17) is 0 Å². The van der Waals surface area contributed by atoms with Gasteiger partial charge in [0.1, 0.15) is 17.1 Å². The number of benzene rings is 4. The van der Waals surface area contributed by atoms with Crippen LogP contribution < -0.4 is 0 Å². The first-order valence-electron chi connectivity index (χ1n) is 8.54. The van der Waals surface area contributed by atoms with E-state index < -0.39 is 21.8 Å². The lowest BCUT2D eigenvalue weighted by Crippen LogP contribution is -1.93. The van der Waals surface area contributed by atoms with Gasteiger partial charge in [-0.1, -0.05) is 30.3 Å².